The summed E-state index contributed by atoms with van der Waals surface area (Å²) in [5.41, 5.74) is 1.53. The van der Waals surface area contributed by atoms with Crippen molar-refractivity contribution in [3.05, 3.63) is 59.4 Å². The Morgan fingerprint density at radius 2 is 1.90 bits per heavy atom. The molecule has 1 fully saturated rings. The van der Waals surface area contributed by atoms with Crippen LogP contribution in [0.25, 0.3) is 0 Å². The van der Waals surface area contributed by atoms with Gasteiger partial charge in [0.05, 0.1) is 42.8 Å². The van der Waals surface area contributed by atoms with Crippen LogP contribution in [-0.2, 0) is 9.47 Å². The molecule has 0 bridgehead atoms. The number of rotatable bonds is 4. The van der Waals surface area contributed by atoms with Gasteiger partial charge in [0.2, 0.25) is 0 Å². The third-order valence-electron chi connectivity index (χ3n) is 4.36. The smallest absolute Gasteiger partial charge is 0.337 e. The van der Waals surface area contributed by atoms with Crippen LogP contribution < -0.4 is 15.5 Å². The molecule has 9 heteroatoms. The first-order chi connectivity index (χ1) is 14.0. The average molecular weight is 417 g/mol. The highest BCUT2D eigenvalue weighted by Gasteiger charge is 2.19. The van der Waals surface area contributed by atoms with Crippen molar-refractivity contribution in [1.82, 2.24) is 5.32 Å². The normalized spacial score (nSPS) is 13.5. The van der Waals surface area contributed by atoms with Crippen molar-refractivity contribution < 1.29 is 23.5 Å². The van der Waals surface area contributed by atoms with Gasteiger partial charge in [0, 0.05) is 13.1 Å². The summed E-state index contributed by atoms with van der Waals surface area (Å²) in [6.45, 7) is 2.49. The number of benzene rings is 2. The number of anilines is 2. The number of amides is 1. The molecule has 0 aliphatic carbocycles. The van der Waals surface area contributed by atoms with E-state index in [2.05, 4.69) is 15.5 Å². The number of hydrogen-bond acceptors (Lipinski definition) is 6. The van der Waals surface area contributed by atoms with Crippen LogP contribution in [0.1, 0.15) is 20.7 Å². The summed E-state index contributed by atoms with van der Waals surface area (Å²) in [7, 11) is 1.30. The molecule has 1 heterocycles. The summed E-state index contributed by atoms with van der Waals surface area (Å²) >= 11 is 5.23. The number of esters is 1. The summed E-state index contributed by atoms with van der Waals surface area (Å²) in [5.74, 6) is -1.81. The maximum Gasteiger partial charge on any atom is 0.337 e. The fourth-order valence-electron chi connectivity index (χ4n) is 2.93. The average Bonchev–Trinajstić information content (AvgIpc) is 2.74. The zero-order valence-electron chi connectivity index (χ0n) is 15.7. The molecule has 1 amide bonds. The van der Waals surface area contributed by atoms with E-state index in [0.717, 1.165) is 5.69 Å². The Labute approximate surface area is 172 Å². The molecule has 0 unspecified atom stereocenters. The molecule has 7 nitrogen and oxygen atoms in total. The number of thiocarbonyl (C=S) groups is 1. The van der Waals surface area contributed by atoms with E-state index in [4.69, 9.17) is 21.7 Å². The van der Waals surface area contributed by atoms with E-state index in [1.807, 2.05) is 0 Å². The lowest BCUT2D eigenvalue weighted by Gasteiger charge is -2.31. The number of methoxy groups -OCH3 is 1. The van der Waals surface area contributed by atoms with Crippen molar-refractivity contribution in [3.63, 3.8) is 0 Å². The second kappa shape index (κ2) is 9.44. The summed E-state index contributed by atoms with van der Waals surface area (Å²) < 4.78 is 24.0. The molecule has 0 atom stereocenters. The van der Waals surface area contributed by atoms with Gasteiger partial charge in [-0.25, -0.2) is 9.18 Å². The fourth-order valence-corrected chi connectivity index (χ4v) is 3.13. The van der Waals surface area contributed by atoms with Crippen molar-refractivity contribution in [2.24, 2.45) is 0 Å². The van der Waals surface area contributed by atoms with Crippen LogP contribution >= 0.6 is 12.2 Å². The van der Waals surface area contributed by atoms with Gasteiger partial charge in [-0.15, -0.1) is 0 Å². The van der Waals surface area contributed by atoms with Gasteiger partial charge in [-0.2, -0.15) is 0 Å². The predicted octanol–water partition coefficient (Wildman–Crippen LogP) is 2.58. The summed E-state index contributed by atoms with van der Waals surface area (Å²) in [6.07, 6.45) is 0. The van der Waals surface area contributed by atoms with E-state index >= 15 is 0 Å². The standard InChI is InChI=1S/C20H20FN3O4S/c1-27-19(26)13-6-7-17(24-8-10-28-11-9-24)16(12-13)22-20(29)23-18(25)14-4-2-3-5-15(14)21/h2-7,12H,8-11H2,1H3,(H2,22,23,25,29). The lowest BCUT2D eigenvalue weighted by molar-refractivity contribution is 0.0600. The molecule has 1 saturated heterocycles. The van der Waals surface area contributed by atoms with Crippen molar-refractivity contribution >= 4 is 40.6 Å². The Hall–Kier alpha value is -3.04. The molecule has 0 radical (unpaired) electrons. The maximum atomic E-state index is 13.8. The summed E-state index contributed by atoms with van der Waals surface area (Å²) in [5, 5.41) is 5.38. The lowest BCUT2D eigenvalue weighted by atomic mass is 10.1. The largest absolute Gasteiger partial charge is 0.465 e. The molecule has 29 heavy (non-hydrogen) atoms. The zero-order chi connectivity index (χ0) is 20.8. The number of halogens is 1. The molecule has 0 saturated carbocycles. The summed E-state index contributed by atoms with van der Waals surface area (Å²) in [6, 6.07) is 10.6. The van der Waals surface area contributed by atoms with E-state index in [-0.39, 0.29) is 10.7 Å². The highest BCUT2D eigenvalue weighted by molar-refractivity contribution is 7.80. The minimum absolute atomic E-state index is 0.0187. The lowest BCUT2D eigenvalue weighted by Crippen LogP contribution is -2.38. The quantitative estimate of drug-likeness (QED) is 0.585. The highest BCUT2D eigenvalue weighted by atomic mass is 32.1. The fraction of sp³-hybridized carbons (Fsp3) is 0.250. The third-order valence-corrected chi connectivity index (χ3v) is 4.57. The highest BCUT2D eigenvalue weighted by Crippen LogP contribution is 2.28. The monoisotopic (exact) mass is 417 g/mol. The Kier molecular flexibility index (Phi) is 6.73. The molecule has 0 spiro atoms. The number of carbonyl (C=O) groups excluding carboxylic acids is 2. The number of carbonyl (C=O) groups is 2. The minimum atomic E-state index is -0.669. The van der Waals surface area contributed by atoms with E-state index in [1.165, 1.54) is 25.3 Å². The van der Waals surface area contributed by atoms with E-state index < -0.39 is 17.7 Å². The number of ether oxygens (including phenoxy) is 2. The van der Waals surface area contributed by atoms with E-state index in [0.29, 0.717) is 37.6 Å². The van der Waals surface area contributed by atoms with Crippen LogP contribution in [0.5, 0.6) is 0 Å². The first-order valence-corrected chi connectivity index (χ1v) is 9.32. The Morgan fingerprint density at radius 3 is 2.59 bits per heavy atom. The van der Waals surface area contributed by atoms with Gasteiger partial charge in [-0.1, -0.05) is 12.1 Å². The van der Waals surface area contributed by atoms with Gasteiger partial charge < -0.3 is 19.7 Å². The maximum absolute atomic E-state index is 13.8. The second-order valence-electron chi connectivity index (χ2n) is 6.21. The molecular weight excluding hydrogens is 397 g/mol. The van der Waals surface area contributed by atoms with Gasteiger partial charge in [0.25, 0.3) is 5.91 Å². The minimum Gasteiger partial charge on any atom is -0.465 e. The predicted molar refractivity (Wildman–Crippen MR) is 111 cm³/mol. The van der Waals surface area contributed by atoms with Crippen molar-refractivity contribution in [2.45, 2.75) is 0 Å². The molecule has 2 aromatic carbocycles. The molecule has 3 rings (SSSR count). The first-order valence-electron chi connectivity index (χ1n) is 8.91. The van der Waals surface area contributed by atoms with Gasteiger partial charge in [0.15, 0.2) is 5.11 Å². The van der Waals surface area contributed by atoms with Crippen LogP contribution in [0.15, 0.2) is 42.5 Å². The number of nitrogens with zero attached hydrogens (tertiary/aromatic N) is 1. The second-order valence-corrected chi connectivity index (χ2v) is 6.62. The van der Waals surface area contributed by atoms with Gasteiger partial charge >= 0.3 is 5.97 Å². The molecule has 152 valence electrons. The molecular formula is C20H20FN3O4S. The van der Waals surface area contributed by atoms with E-state index in [1.54, 1.807) is 24.3 Å². The number of hydrogen-bond donors (Lipinski definition) is 2. The van der Waals surface area contributed by atoms with Crippen LogP contribution in [0.3, 0.4) is 0 Å². The molecule has 1 aliphatic rings. The van der Waals surface area contributed by atoms with Crippen LogP contribution in [0.2, 0.25) is 0 Å². The zero-order valence-corrected chi connectivity index (χ0v) is 16.6. The third kappa shape index (κ3) is 5.07. The molecule has 2 N–H and O–H groups in total. The molecule has 0 aromatic heterocycles. The van der Waals surface area contributed by atoms with Gasteiger partial charge in [0.1, 0.15) is 5.82 Å². The van der Waals surface area contributed by atoms with E-state index in [9.17, 15) is 14.0 Å². The van der Waals surface area contributed by atoms with Crippen LogP contribution in [0.4, 0.5) is 15.8 Å². The molecule has 2 aromatic rings. The van der Waals surface area contributed by atoms with Crippen molar-refractivity contribution in [1.29, 1.82) is 0 Å². The van der Waals surface area contributed by atoms with Gasteiger partial charge in [-0.05, 0) is 42.5 Å². The molecule has 1 aliphatic heterocycles. The summed E-state index contributed by atoms with van der Waals surface area (Å²) in [4.78, 5) is 26.3. The van der Waals surface area contributed by atoms with Crippen LogP contribution in [0, 0.1) is 5.82 Å². The Bertz CT molecular complexity index is 932. The number of morpholine rings is 1. The SMILES string of the molecule is COC(=O)c1ccc(N2CCOCC2)c(NC(=S)NC(=O)c2ccccc2F)c1. The Morgan fingerprint density at radius 1 is 1.17 bits per heavy atom. The topological polar surface area (TPSA) is 79.9 Å². The first kappa shape index (κ1) is 20.7. The number of nitrogens with one attached hydrogen (secondary N) is 2. The van der Waals surface area contributed by atoms with Crippen LogP contribution in [-0.4, -0.2) is 50.4 Å². The van der Waals surface area contributed by atoms with Crippen molar-refractivity contribution in [3.8, 4) is 0 Å². The van der Waals surface area contributed by atoms with Gasteiger partial charge in [-0.3, -0.25) is 10.1 Å². The Balaban J connectivity index is 1.81. The van der Waals surface area contributed by atoms with Crippen molar-refractivity contribution in [2.75, 3.05) is 43.6 Å².